The van der Waals surface area contributed by atoms with Crippen LogP contribution in [0.3, 0.4) is 0 Å². The first-order chi connectivity index (χ1) is 22.3. The lowest BCUT2D eigenvalue weighted by atomic mass is 9.91. The number of alkyl carbamates (subject to hydrolysis) is 1. The number of unbranched alkanes of at least 4 members (excludes halogenated alkanes) is 1. The molecule has 12 heteroatoms. The van der Waals surface area contributed by atoms with Gasteiger partial charge in [-0.2, -0.15) is 0 Å². The number of aryl methyl sites for hydroxylation is 2. The van der Waals surface area contributed by atoms with E-state index in [0.29, 0.717) is 51.3 Å². The summed E-state index contributed by atoms with van der Waals surface area (Å²) < 4.78 is 15.7. The zero-order valence-electron chi connectivity index (χ0n) is 29.2. The fraction of sp³-hybridized carbons (Fsp3) is 0.686. The lowest BCUT2D eigenvalue weighted by Gasteiger charge is -2.27. The van der Waals surface area contributed by atoms with E-state index in [-0.39, 0.29) is 13.0 Å². The minimum Gasteiger partial charge on any atom is -0.454 e. The van der Waals surface area contributed by atoms with Gasteiger partial charge in [0.15, 0.2) is 12.4 Å². The number of carbonyl (C=O) groups is 5. The third-order valence-corrected chi connectivity index (χ3v) is 7.93. The lowest BCUT2D eigenvalue weighted by molar-refractivity contribution is -0.129. The molecule has 1 aromatic rings. The van der Waals surface area contributed by atoms with Crippen LogP contribution in [0, 0.1) is 19.8 Å². The maximum absolute atomic E-state index is 13.0. The third kappa shape index (κ3) is 16.1. The predicted molar refractivity (Wildman–Crippen MR) is 179 cm³/mol. The van der Waals surface area contributed by atoms with Crippen LogP contribution in [0.25, 0.3) is 0 Å². The number of urea groups is 1. The Morgan fingerprint density at radius 3 is 2.17 bits per heavy atom. The second-order valence-electron chi connectivity index (χ2n) is 13.4. The van der Waals surface area contributed by atoms with Gasteiger partial charge in [-0.1, -0.05) is 57.2 Å². The zero-order valence-corrected chi connectivity index (χ0v) is 29.2. The number of esters is 1. The molecule has 1 saturated heterocycles. The van der Waals surface area contributed by atoms with E-state index >= 15 is 0 Å². The maximum atomic E-state index is 13.0. The second kappa shape index (κ2) is 20.5. The van der Waals surface area contributed by atoms with Gasteiger partial charge in [0.05, 0.1) is 31.4 Å². The molecule has 0 aromatic heterocycles. The molecule has 1 aromatic carbocycles. The molecule has 47 heavy (non-hydrogen) atoms. The van der Waals surface area contributed by atoms with E-state index in [9.17, 15) is 24.0 Å². The van der Waals surface area contributed by atoms with E-state index in [4.69, 9.17) is 14.2 Å². The predicted octanol–water partition coefficient (Wildman–Crippen LogP) is 4.84. The first kappa shape index (κ1) is 39.5. The number of hydrogen-bond donors (Lipinski definition) is 3. The van der Waals surface area contributed by atoms with Crippen LogP contribution in [0.2, 0.25) is 0 Å². The topological polar surface area (TPSA) is 152 Å². The SMILES string of the molecule is CC1CCCCC1.Cc1cccc(C)c1C(=O)OCC(=O)C(CCCCNC(=O)OC(C)(C)C)NC(=O)CNC(=O)N1CCOCC1. The number of morpholine rings is 1. The normalized spacial score (nSPS) is 15.7. The van der Waals surface area contributed by atoms with Crippen LogP contribution >= 0.6 is 0 Å². The van der Waals surface area contributed by atoms with Crippen LogP contribution in [-0.2, 0) is 23.8 Å². The molecule has 1 atom stereocenters. The van der Waals surface area contributed by atoms with E-state index in [1.807, 2.05) is 6.07 Å². The minimum atomic E-state index is -0.944. The Hall–Kier alpha value is -3.67. The number of nitrogens with zero attached hydrogens (tertiary/aromatic N) is 1. The lowest BCUT2D eigenvalue weighted by Crippen LogP contribution is -2.50. The van der Waals surface area contributed by atoms with Crippen molar-refractivity contribution in [3.8, 4) is 0 Å². The molecule has 12 nitrogen and oxygen atoms in total. The number of carbonyl (C=O) groups excluding carboxylic acids is 5. The Kier molecular flexibility index (Phi) is 17.3. The molecule has 264 valence electrons. The molecule has 1 aliphatic heterocycles. The fourth-order valence-electron chi connectivity index (χ4n) is 5.32. The summed E-state index contributed by atoms with van der Waals surface area (Å²) in [4.78, 5) is 63.9. The summed E-state index contributed by atoms with van der Waals surface area (Å²) in [7, 11) is 0. The summed E-state index contributed by atoms with van der Waals surface area (Å²) >= 11 is 0. The van der Waals surface area contributed by atoms with Crippen molar-refractivity contribution in [3.05, 3.63) is 34.9 Å². The Morgan fingerprint density at radius 1 is 0.957 bits per heavy atom. The van der Waals surface area contributed by atoms with Gasteiger partial charge in [0.1, 0.15) is 5.60 Å². The van der Waals surface area contributed by atoms with E-state index in [0.717, 1.165) is 17.0 Å². The summed E-state index contributed by atoms with van der Waals surface area (Å²) in [6, 6.07) is 4.06. The van der Waals surface area contributed by atoms with Gasteiger partial charge in [0.25, 0.3) is 0 Å². The van der Waals surface area contributed by atoms with Crippen molar-refractivity contribution in [1.82, 2.24) is 20.9 Å². The van der Waals surface area contributed by atoms with Gasteiger partial charge in [0.2, 0.25) is 5.91 Å². The van der Waals surface area contributed by atoms with Gasteiger partial charge in [-0.3, -0.25) is 9.59 Å². The molecule has 1 saturated carbocycles. The van der Waals surface area contributed by atoms with Gasteiger partial charge in [-0.25, -0.2) is 14.4 Å². The zero-order chi connectivity index (χ0) is 34.8. The molecule has 2 fully saturated rings. The maximum Gasteiger partial charge on any atom is 0.407 e. The average Bonchev–Trinajstić information content (AvgIpc) is 3.02. The Balaban J connectivity index is 0.000000965. The van der Waals surface area contributed by atoms with Crippen LogP contribution in [-0.4, -0.2) is 92.3 Å². The number of amides is 4. The Morgan fingerprint density at radius 2 is 1.60 bits per heavy atom. The molecule has 1 unspecified atom stereocenters. The highest BCUT2D eigenvalue weighted by atomic mass is 16.6. The monoisotopic (exact) mass is 660 g/mol. The van der Waals surface area contributed by atoms with Crippen molar-refractivity contribution in [2.24, 2.45) is 5.92 Å². The standard InChI is InChI=1S/C28H42N4O8.C7H14/c1-19-9-8-10-20(2)24(19)25(35)39-18-22(33)21(11-6-7-12-29-27(37)40-28(3,4)5)31-23(34)17-30-26(36)32-13-15-38-16-14-32;1-7-5-3-2-4-6-7/h8-10,21H,6-7,11-18H2,1-5H3,(H,29,37)(H,30,36)(H,31,34);7H,2-6H2,1H3. The average molecular weight is 661 g/mol. The molecule has 1 aliphatic carbocycles. The smallest absolute Gasteiger partial charge is 0.407 e. The van der Waals surface area contributed by atoms with Crippen molar-refractivity contribution in [2.75, 3.05) is 46.0 Å². The molecule has 1 heterocycles. The fourth-order valence-corrected chi connectivity index (χ4v) is 5.32. The highest BCUT2D eigenvalue weighted by molar-refractivity contribution is 5.96. The first-order valence-electron chi connectivity index (χ1n) is 16.9. The number of nitrogens with one attached hydrogen (secondary N) is 3. The summed E-state index contributed by atoms with van der Waals surface area (Å²) in [5.74, 6) is -0.609. The Bertz CT molecular complexity index is 1150. The number of benzene rings is 1. The van der Waals surface area contributed by atoms with Crippen molar-refractivity contribution in [3.63, 3.8) is 0 Å². The molecule has 0 radical (unpaired) electrons. The quantitative estimate of drug-likeness (QED) is 0.213. The van der Waals surface area contributed by atoms with Crippen molar-refractivity contribution in [1.29, 1.82) is 0 Å². The van der Waals surface area contributed by atoms with E-state index in [2.05, 4.69) is 22.9 Å². The number of rotatable bonds is 12. The summed E-state index contributed by atoms with van der Waals surface area (Å²) in [6.07, 6.45) is 8.15. The van der Waals surface area contributed by atoms with Crippen LogP contribution in [0.4, 0.5) is 9.59 Å². The molecule has 0 bridgehead atoms. The van der Waals surface area contributed by atoms with Crippen molar-refractivity contribution >= 4 is 29.8 Å². The van der Waals surface area contributed by atoms with Gasteiger partial charge in [0, 0.05) is 19.6 Å². The third-order valence-electron chi connectivity index (χ3n) is 7.93. The van der Waals surface area contributed by atoms with Gasteiger partial charge < -0.3 is 35.1 Å². The summed E-state index contributed by atoms with van der Waals surface area (Å²) in [6.45, 7) is 12.4. The highest BCUT2D eigenvalue weighted by Gasteiger charge is 2.24. The van der Waals surface area contributed by atoms with Crippen molar-refractivity contribution < 1.29 is 38.2 Å². The van der Waals surface area contributed by atoms with Crippen LogP contribution in [0.15, 0.2) is 18.2 Å². The van der Waals surface area contributed by atoms with Crippen molar-refractivity contribution in [2.45, 2.75) is 105 Å². The van der Waals surface area contributed by atoms with E-state index in [1.54, 1.807) is 51.7 Å². The highest BCUT2D eigenvalue weighted by Crippen LogP contribution is 2.22. The summed E-state index contributed by atoms with van der Waals surface area (Å²) in [5, 5.41) is 7.84. The molecule has 3 rings (SSSR count). The van der Waals surface area contributed by atoms with Crippen LogP contribution in [0.5, 0.6) is 0 Å². The summed E-state index contributed by atoms with van der Waals surface area (Å²) in [5.41, 5.74) is 1.25. The molecule has 4 amide bonds. The van der Waals surface area contributed by atoms with E-state index in [1.165, 1.54) is 32.1 Å². The minimum absolute atomic E-state index is 0.249. The van der Waals surface area contributed by atoms with Crippen LogP contribution < -0.4 is 16.0 Å². The Labute approximate surface area is 280 Å². The molecular formula is C35H56N4O8. The first-order valence-corrected chi connectivity index (χ1v) is 16.9. The number of ether oxygens (including phenoxy) is 3. The molecule has 0 spiro atoms. The van der Waals surface area contributed by atoms with Crippen LogP contribution in [0.1, 0.15) is 101 Å². The second-order valence-corrected chi connectivity index (χ2v) is 13.4. The largest absolute Gasteiger partial charge is 0.454 e. The van der Waals surface area contributed by atoms with Gasteiger partial charge in [-0.05, 0) is 70.9 Å². The number of hydrogen-bond acceptors (Lipinski definition) is 8. The molecule has 2 aliphatic rings. The molecular weight excluding hydrogens is 604 g/mol. The van der Waals surface area contributed by atoms with Gasteiger partial charge in [-0.15, -0.1) is 0 Å². The van der Waals surface area contributed by atoms with Gasteiger partial charge >= 0.3 is 18.1 Å². The molecule has 3 N–H and O–H groups in total. The number of ketones is 1. The van der Waals surface area contributed by atoms with E-state index < -0.39 is 48.0 Å². The number of Topliss-reactive ketones (excluding diaryl/α,β-unsaturated/α-hetero) is 1.